The molecule has 0 aliphatic carbocycles. The molecule has 6 nitrogen and oxygen atoms in total. The summed E-state index contributed by atoms with van der Waals surface area (Å²) in [6.45, 7) is 6.94. The molecule has 2 aliphatic rings. The SMILES string of the molecule is Cc1ccnn1CCNC(=O)C1(Cc2cccc([C@H]3CCCN(C)C3)c2)CCOCC1. The molecule has 31 heavy (non-hydrogen) atoms. The van der Waals surface area contributed by atoms with E-state index in [1.807, 2.05) is 17.7 Å². The van der Waals surface area contributed by atoms with Crippen LogP contribution in [0.25, 0.3) is 0 Å². The Balaban J connectivity index is 1.44. The molecule has 1 amide bonds. The maximum atomic E-state index is 13.4. The van der Waals surface area contributed by atoms with E-state index in [1.54, 1.807) is 6.20 Å². The van der Waals surface area contributed by atoms with E-state index in [-0.39, 0.29) is 11.3 Å². The van der Waals surface area contributed by atoms with Gasteiger partial charge in [-0.1, -0.05) is 24.3 Å². The van der Waals surface area contributed by atoms with E-state index in [9.17, 15) is 4.79 Å². The molecule has 168 valence electrons. The number of ether oxygens (including phenoxy) is 1. The summed E-state index contributed by atoms with van der Waals surface area (Å²) in [6.07, 6.45) is 6.63. The lowest BCUT2D eigenvalue weighted by molar-refractivity contribution is -0.136. The molecule has 0 bridgehead atoms. The van der Waals surface area contributed by atoms with Crippen molar-refractivity contribution >= 4 is 5.91 Å². The number of nitrogens with one attached hydrogen (secondary N) is 1. The summed E-state index contributed by atoms with van der Waals surface area (Å²) >= 11 is 0. The summed E-state index contributed by atoms with van der Waals surface area (Å²) in [7, 11) is 2.21. The standard InChI is InChI=1S/C25H36N4O2/c1-20-8-11-27-29(20)14-12-26-24(30)25(9-15-31-16-10-25)18-21-5-3-6-22(17-21)23-7-4-13-28(2)19-23/h3,5-6,8,11,17,23H,4,7,9-10,12-16,18-19H2,1-2H3,(H,26,30)/t23-/m0/s1. The first-order valence-corrected chi connectivity index (χ1v) is 11.7. The number of amides is 1. The highest BCUT2D eigenvalue weighted by Crippen LogP contribution is 2.36. The summed E-state index contributed by atoms with van der Waals surface area (Å²) < 4.78 is 7.55. The Hall–Kier alpha value is -2.18. The Labute approximate surface area is 186 Å². The Morgan fingerprint density at radius 1 is 1.29 bits per heavy atom. The fraction of sp³-hybridized carbons (Fsp3) is 0.600. The molecule has 0 spiro atoms. The van der Waals surface area contributed by atoms with Crippen molar-refractivity contribution in [1.29, 1.82) is 0 Å². The third-order valence-electron chi connectivity index (χ3n) is 7.06. The zero-order valence-corrected chi connectivity index (χ0v) is 19.0. The van der Waals surface area contributed by atoms with Crippen LogP contribution in [-0.2, 0) is 22.5 Å². The normalized spacial score (nSPS) is 21.7. The van der Waals surface area contributed by atoms with E-state index in [0.717, 1.165) is 31.5 Å². The highest BCUT2D eigenvalue weighted by atomic mass is 16.5. The van der Waals surface area contributed by atoms with Gasteiger partial charge >= 0.3 is 0 Å². The minimum atomic E-state index is -0.389. The van der Waals surface area contributed by atoms with Crippen molar-refractivity contribution in [2.75, 3.05) is 39.9 Å². The molecule has 0 unspecified atom stereocenters. The predicted molar refractivity (Wildman–Crippen MR) is 122 cm³/mol. The average Bonchev–Trinajstić information content (AvgIpc) is 3.19. The second-order valence-corrected chi connectivity index (χ2v) is 9.37. The van der Waals surface area contributed by atoms with Crippen LogP contribution in [0, 0.1) is 12.3 Å². The van der Waals surface area contributed by atoms with Gasteiger partial charge in [0.25, 0.3) is 0 Å². The van der Waals surface area contributed by atoms with Gasteiger partial charge in [-0.3, -0.25) is 9.48 Å². The lowest BCUT2D eigenvalue weighted by atomic mass is 9.74. The number of aryl methyl sites for hydroxylation is 1. The third-order valence-corrected chi connectivity index (χ3v) is 7.06. The maximum Gasteiger partial charge on any atom is 0.226 e. The summed E-state index contributed by atoms with van der Waals surface area (Å²) in [5.41, 5.74) is 3.41. The number of hydrogen-bond acceptors (Lipinski definition) is 4. The number of aromatic nitrogens is 2. The molecule has 1 aromatic heterocycles. The largest absolute Gasteiger partial charge is 0.381 e. The van der Waals surface area contributed by atoms with Gasteiger partial charge in [-0.15, -0.1) is 0 Å². The Morgan fingerprint density at radius 3 is 2.87 bits per heavy atom. The molecule has 2 aliphatic heterocycles. The lowest BCUT2D eigenvalue weighted by Gasteiger charge is -2.36. The Kier molecular flexibility index (Phi) is 7.08. The first-order chi connectivity index (χ1) is 15.1. The number of benzene rings is 1. The van der Waals surface area contributed by atoms with Crippen LogP contribution in [0.15, 0.2) is 36.5 Å². The number of likely N-dealkylation sites (tertiary alicyclic amines) is 1. The molecule has 0 saturated carbocycles. The molecular weight excluding hydrogens is 388 g/mol. The van der Waals surface area contributed by atoms with Gasteiger partial charge in [-0.25, -0.2) is 0 Å². The van der Waals surface area contributed by atoms with Crippen molar-refractivity contribution in [3.63, 3.8) is 0 Å². The van der Waals surface area contributed by atoms with Crippen molar-refractivity contribution in [3.8, 4) is 0 Å². The van der Waals surface area contributed by atoms with Crippen molar-refractivity contribution in [2.24, 2.45) is 5.41 Å². The first kappa shape index (κ1) is 22.0. The zero-order chi connectivity index (χ0) is 21.7. The molecule has 1 N–H and O–H groups in total. The second-order valence-electron chi connectivity index (χ2n) is 9.37. The third kappa shape index (κ3) is 5.36. The number of carbonyl (C=O) groups is 1. The van der Waals surface area contributed by atoms with Gasteiger partial charge in [0, 0.05) is 38.2 Å². The van der Waals surface area contributed by atoms with E-state index in [4.69, 9.17) is 4.74 Å². The molecular formula is C25H36N4O2. The highest BCUT2D eigenvalue weighted by Gasteiger charge is 2.40. The number of likely N-dealkylation sites (N-methyl/N-ethyl adjacent to an activating group) is 1. The zero-order valence-electron chi connectivity index (χ0n) is 19.0. The van der Waals surface area contributed by atoms with Gasteiger partial charge in [0.2, 0.25) is 5.91 Å². The summed E-state index contributed by atoms with van der Waals surface area (Å²) in [5.74, 6) is 0.749. The molecule has 2 aromatic rings. The molecule has 0 radical (unpaired) electrons. The predicted octanol–water partition coefficient (Wildman–Crippen LogP) is 3.16. The molecule has 6 heteroatoms. The van der Waals surface area contributed by atoms with Crippen LogP contribution in [0.3, 0.4) is 0 Å². The first-order valence-electron chi connectivity index (χ1n) is 11.7. The quantitative estimate of drug-likeness (QED) is 0.742. The molecule has 1 aromatic carbocycles. The van der Waals surface area contributed by atoms with Crippen molar-refractivity contribution in [2.45, 2.75) is 51.5 Å². The smallest absolute Gasteiger partial charge is 0.226 e. The Bertz CT molecular complexity index is 872. The van der Waals surface area contributed by atoms with Crippen LogP contribution in [0.1, 0.15) is 48.4 Å². The van der Waals surface area contributed by atoms with Gasteiger partial charge in [-0.05, 0) is 75.7 Å². The van der Waals surface area contributed by atoms with E-state index in [2.05, 4.69) is 46.6 Å². The van der Waals surface area contributed by atoms with Gasteiger partial charge in [0.1, 0.15) is 0 Å². The monoisotopic (exact) mass is 424 g/mol. The van der Waals surface area contributed by atoms with Crippen LogP contribution in [0.4, 0.5) is 0 Å². The van der Waals surface area contributed by atoms with E-state index < -0.39 is 0 Å². The number of hydrogen-bond donors (Lipinski definition) is 1. The van der Waals surface area contributed by atoms with Crippen molar-refractivity contribution in [3.05, 3.63) is 53.3 Å². The van der Waals surface area contributed by atoms with Crippen LogP contribution in [0.2, 0.25) is 0 Å². The number of rotatable bonds is 7. The van der Waals surface area contributed by atoms with E-state index >= 15 is 0 Å². The number of piperidine rings is 1. The van der Waals surface area contributed by atoms with Crippen LogP contribution >= 0.6 is 0 Å². The van der Waals surface area contributed by atoms with Gasteiger partial charge in [-0.2, -0.15) is 5.10 Å². The molecule has 1 atom stereocenters. The lowest BCUT2D eigenvalue weighted by Crippen LogP contribution is -2.47. The molecule has 4 rings (SSSR count). The van der Waals surface area contributed by atoms with Crippen molar-refractivity contribution in [1.82, 2.24) is 20.0 Å². The summed E-state index contributed by atoms with van der Waals surface area (Å²) in [5, 5.41) is 7.51. The van der Waals surface area contributed by atoms with Gasteiger partial charge in [0.05, 0.1) is 12.0 Å². The topological polar surface area (TPSA) is 59.4 Å². The van der Waals surface area contributed by atoms with Crippen LogP contribution in [0.5, 0.6) is 0 Å². The molecule has 2 fully saturated rings. The molecule has 3 heterocycles. The van der Waals surface area contributed by atoms with Crippen molar-refractivity contribution < 1.29 is 9.53 Å². The molecule has 2 saturated heterocycles. The number of carbonyl (C=O) groups excluding carboxylic acids is 1. The van der Waals surface area contributed by atoms with E-state index in [0.29, 0.717) is 32.2 Å². The summed E-state index contributed by atoms with van der Waals surface area (Å²) in [4.78, 5) is 15.8. The minimum absolute atomic E-state index is 0.156. The number of nitrogens with zero attached hydrogens (tertiary/aromatic N) is 3. The Morgan fingerprint density at radius 2 is 2.13 bits per heavy atom. The average molecular weight is 425 g/mol. The second kappa shape index (κ2) is 9.96. The minimum Gasteiger partial charge on any atom is -0.381 e. The van der Waals surface area contributed by atoms with Crippen LogP contribution in [-0.4, -0.2) is 60.5 Å². The maximum absolute atomic E-state index is 13.4. The van der Waals surface area contributed by atoms with Gasteiger partial charge in [0.15, 0.2) is 0 Å². The van der Waals surface area contributed by atoms with Crippen LogP contribution < -0.4 is 5.32 Å². The fourth-order valence-electron chi connectivity index (χ4n) is 5.13. The fourth-order valence-corrected chi connectivity index (χ4v) is 5.13. The van der Waals surface area contributed by atoms with Gasteiger partial charge < -0.3 is 15.0 Å². The highest BCUT2D eigenvalue weighted by molar-refractivity contribution is 5.83. The summed E-state index contributed by atoms with van der Waals surface area (Å²) in [6, 6.07) is 11.0. The van der Waals surface area contributed by atoms with E-state index in [1.165, 1.54) is 30.5 Å².